The molecule has 6 heteroatoms. The number of thiophene rings is 1. The molecule has 1 atom stereocenters. The molecule has 0 saturated heterocycles. The SMILES string of the molecule is CC(O)(CNC(=O)/C=C/c1ccc2c(c1)OCO2)c1cccs1. The van der Waals surface area contributed by atoms with Crippen LogP contribution in [-0.2, 0) is 10.4 Å². The number of aliphatic hydroxyl groups is 1. The molecule has 23 heavy (non-hydrogen) atoms. The third-order valence-corrected chi connectivity index (χ3v) is 4.61. The van der Waals surface area contributed by atoms with Crippen molar-refractivity contribution in [3.05, 3.63) is 52.2 Å². The number of fused-ring (bicyclic) bond motifs is 1. The summed E-state index contributed by atoms with van der Waals surface area (Å²) in [4.78, 5) is 12.7. The number of rotatable bonds is 5. The average molecular weight is 331 g/mol. The molecule has 0 saturated carbocycles. The molecule has 0 aliphatic carbocycles. The standard InChI is InChI=1S/C17H17NO4S/c1-17(20,15-3-2-8-23-15)10-18-16(19)7-5-12-4-6-13-14(9-12)22-11-21-13/h2-9,20H,10-11H2,1H3,(H,18,19)/b7-5+. The summed E-state index contributed by atoms with van der Waals surface area (Å²) in [5.41, 5.74) is -0.231. The fourth-order valence-electron chi connectivity index (χ4n) is 2.18. The van der Waals surface area contributed by atoms with E-state index in [1.165, 1.54) is 17.4 Å². The minimum absolute atomic E-state index is 0.151. The van der Waals surface area contributed by atoms with Crippen molar-refractivity contribution < 1.29 is 19.4 Å². The molecular formula is C17H17NO4S. The van der Waals surface area contributed by atoms with Crippen LogP contribution in [-0.4, -0.2) is 24.4 Å². The lowest BCUT2D eigenvalue weighted by atomic mass is 10.1. The predicted octanol–water partition coefficient (Wildman–Crippen LogP) is 2.51. The second kappa shape index (κ2) is 6.44. The Morgan fingerprint density at radius 1 is 1.39 bits per heavy atom. The molecule has 1 aromatic heterocycles. The van der Waals surface area contributed by atoms with Crippen molar-refractivity contribution in [1.82, 2.24) is 5.32 Å². The van der Waals surface area contributed by atoms with Crippen LogP contribution in [0.4, 0.5) is 0 Å². The molecule has 1 amide bonds. The minimum Gasteiger partial charge on any atom is -0.454 e. The van der Waals surface area contributed by atoms with Gasteiger partial charge in [0.05, 0.1) is 6.54 Å². The summed E-state index contributed by atoms with van der Waals surface area (Å²) in [5.74, 6) is 1.12. The smallest absolute Gasteiger partial charge is 0.244 e. The lowest BCUT2D eigenvalue weighted by molar-refractivity contribution is -0.117. The maximum atomic E-state index is 11.9. The van der Waals surface area contributed by atoms with Gasteiger partial charge in [-0.25, -0.2) is 0 Å². The van der Waals surface area contributed by atoms with Crippen LogP contribution in [0.2, 0.25) is 0 Å². The third kappa shape index (κ3) is 3.72. The zero-order valence-corrected chi connectivity index (χ0v) is 13.4. The van der Waals surface area contributed by atoms with Crippen LogP contribution in [0.15, 0.2) is 41.8 Å². The van der Waals surface area contributed by atoms with Crippen molar-refractivity contribution >= 4 is 23.3 Å². The summed E-state index contributed by atoms with van der Waals surface area (Å²) in [7, 11) is 0. The molecule has 120 valence electrons. The third-order valence-electron chi connectivity index (χ3n) is 3.48. The molecule has 0 fully saturated rings. The molecule has 2 aromatic rings. The molecule has 0 spiro atoms. The highest BCUT2D eigenvalue weighted by atomic mass is 32.1. The first-order valence-corrected chi connectivity index (χ1v) is 8.04. The summed E-state index contributed by atoms with van der Waals surface area (Å²) in [6.07, 6.45) is 3.12. The Morgan fingerprint density at radius 2 is 2.22 bits per heavy atom. The lowest BCUT2D eigenvalue weighted by Crippen LogP contribution is -2.37. The van der Waals surface area contributed by atoms with E-state index in [1.807, 2.05) is 35.7 Å². The topological polar surface area (TPSA) is 67.8 Å². The molecule has 0 bridgehead atoms. The molecule has 0 radical (unpaired) electrons. The Labute approximate surface area is 138 Å². The van der Waals surface area contributed by atoms with E-state index in [0.29, 0.717) is 11.5 Å². The van der Waals surface area contributed by atoms with Crippen molar-refractivity contribution in [2.45, 2.75) is 12.5 Å². The molecule has 1 aliphatic heterocycles. The summed E-state index contributed by atoms with van der Waals surface area (Å²) < 4.78 is 10.5. The molecule has 5 nitrogen and oxygen atoms in total. The van der Waals surface area contributed by atoms with Crippen LogP contribution >= 0.6 is 11.3 Å². The van der Waals surface area contributed by atoms with E-state index in [9.17, 15) is 9.90 Å². The van der Waals surface area contributed by atoms with Gasteiger partial charge in [-0.15, -0.1) is 11.3 Å². The second-order valence-electron chi connectivity index (χ2n) is 5.41. The van der Waals surface area contributed by atoms with Crippen LogP contribution in [0, 0.1) is 0 Å². The Morgan fingerprint density at radius 3 is 3.00 bits per heavy atom. The summed E-state index contributed by atoms with van der Waals surface area (Å²) in [6.45, 7) is 2.05. The van der Waals surface area contributed by atoms with Crippen molar-refractivity contribution in [3.63, 3.8) is 0 Å². The number of nitrogens with one attached hydrogen (secondary N) is 1. The van der Waals surface area contributed by atoms with E-state index in [4.69, 9.17) is 9.47 Å². The van der Waals surface area contributed by atoms with Crippen LogP contribution in [0.3, 0.4) is 0 Å². The van der Waals surface area contributed by atoms with Crippen molar-refractivity contribution in [2.24, 2.45) is 0 Å². The van der Waals surface area contributed by atoms with Gasteiger partial charge in [-0.2, -0.15) is 0 Å². The van der Waals surface area contributed by atoms with E-state index in [1.54, 1.807) is 13.0 Å². The highest BCUT2D eigenvalue weighted by Gasteiger charge is 2.24. The first-order valence-electron chi connectivity index (χ1n) is 7.16. The van der Waals surface area contributed by atoms with E-state index in [-0.39, 0.29) is 19.2 Å². The van der Waals surface area contributed by atoms with Crippen LogP contribution in [0.5, 0.6) is 11.5 Å². The van der Waals surface area contributed by atoms with Crippen LogP contribution in [0.1, 0.15) is 17.4 Å². The molecule has 1 aliphatic rings. The fraction of sp³-hybridized carbons (Fsp3) is 0.235. The normalized spacial score (nSPS) is 15.6. The van der Waals surface area contributed by atoms with Crippen LogP contribution in [0.25, 0.3) is 6.08 Å². The van der Waals surface area contributed by atoms with E-state index >= 15 is 0 Å². The molecule has 1 aromatic carbocycles. The van der Waals surface area contributed by atoms with Gasteiger partial charge < -0.3 is 19.9 Å². The second-order valence-corrected chi connectivity index (χ2v) is 6.36. The Kier molecular flexibility index (Phi) is 4.36. The van der Waals surface area contributed by atoms with Gasteiger partial charge in [-0.05, 0) is 42.1 Å². The molecule has 1 unspecified atom stereocenters. The largest absolute Gasteiger partial charge is 0.454 e. The maximum Gasteiger partial charge on any atom is 0.244 e. The molecule has 3 rings (SSSR count). The first kappa shape index (κ1) is 15.6. The van der Waals surface area contributed by atoms with Crippen molar-refractivity contribution in [2.75, 3.05) is 13.3 Å². The molecule has 2 N–H and O–H groups in total. The summed E-state index contributed by atoms with van der Waals surface area (Å²) in [6, 6.07) is 9.18. The zero-order chi connectivity index (χ0) is 16.3. The lowest BCUT2D eigenvalue weighted by Gasteiger charge is -2.21. The number of carbonyl (C=O) groups is 1. The zero-order valence-electron chi connectivity index (χ0n) is 12.6. The van der Waals surface area contributed by atoms with Gasteiger partial charge in [0.2, 0.25) is 12.7 Å². The van der Waals surface area contributed by atoms with Gasteiger partial charge in [0.25, 0.3) is 0 Å². The number of amides is 1. The van der Waals surface area contributed by atoms with Gasteiger partial charge in [0, 0.05) is 11.0 Å². The monoisotopic (exact) mass is 331 g/mol. The minimum atomic E-state index is -1.07. The van der Waals surface area contributed by atoms with Crippen molar-refractivity contribution in [3.8, 4) is 11.5 Å². The highest BCUT2D eigenvalue weighted by Crippen LogP contribution is 2.32. The molecular weight excluding hydrogens is 314 g/mol. The van der Waals surface area contributed by atoms with Crippen molar-refractivity contribution in [1.29, 1.82) is 0 Å². The predicted molar refractivity (Wildman–Crippen MR) is 88.5 cm³/mol. The Balaban J connectivity index is 1.57. The van der Waals surface area contributed by atoms with E-state index in [0.717, 1.165) is 10.4 Å². The fourth-order valence-corrected chi connectivity index (χ4v) is 2.97. The van der Waals surface area contributed by atoms with E-state index in [2.05, 4.69) is 5.32 Å². The Bertz CT molecular complexity index is 722. The first-order chi connectivity index (χ1) is 11.0. The quantitative estimate of drug-likeness (QED) is 0.826. The average Bonchev–Trinajstić information content (AvgIpc) is 3.21. The summed E-state index contributed by atoms with van der Waals surface area (Å²) in [5, 5.41) is 15.0. The number of ether oxygens (including phenoxy) is 2. The van der Waals surface area contributed by atoms with Gasteiger partial charge in [-0.3, -0.25) is 4.79 Å². The molecule has 2 heterocycles. The number of hydrogen-bond donors (Lipinski definition) is 2. The number of carbonyl (C=O) groups excluding carboxylic acids is 1. The van der Waals surface area contributed by atoms with Gasteiger partial charge >= 0.3 is 0 Å². The van der Waals surface area contributed by atoms with Gasteiger partial charge in [0.15, 0.2) is 11.5 Å². The Hall–Kier alpha value is -2.31. The van der Waals surface area contributed by atoms with Gasteiger partial charge in [-0.1, -0.05) is 12.1 Å². The number of benzene rings is 1. The van der Waals surface area contributed by atoms with Crippen LogP contribution < -0.4 is 14.8 Å². The van der Waals surface area contributed by atoms with Gasteiger partial charge in [0.1, 0.15) is 5.60 Å². The summed E-state index contributed by atoms with van der Waals surface area (Å²) >= 11 is 1.46. The van der Waals surface area contributed by atoms with E-state index < -0.39 is 5.60 Å². The maximum absolute atomic E-state index is 11.9. The highest BCUT2D eigenvalue weighted by molar-refractivity contribution is 7.10. The number of hydrogen-bond acceptors (Lipinski definition) is 5.